The largest absolute Gasteiger partial charge is 0.493 e. The van der Waals surface area contributed by atoms with Gasteiger partial charge in [0.05, 0.1) is 53.5 Å². The number of alkyl halides is 3. The molecule has 1 aliphatic rings. The van der Waals surface area contributed by atoms with Crippen molar-refractivity contribution in [1.29, 1.82) is 0 Å². The van der Waals surface area contributed by atoms with Gasteiger partial charge in [0.1, 0.15) is 28.5 Å². The van der Waals surface area contributed by atoms with Gasteiger partial charge in [-0.2, -0.15) is 13.2 Å². The van der Waals surface area contributed by atoms with Crippen molar-refractivity contribution >= 4 is 44.1 Å². The number of sulfone groups is 1. The fraction of sp³-hybridized carbons (Fsp3) is 0.323. The van der Waals surface area contributed by atoms with E-state index in [1.54, 1.807) is 24.3 Å². The van der Waals surface area contributed by atoms with Gasteiger partial charge < -0.3 is 14.2 Å². The summed E-state index contributed by atoms with van der Waals surface area (Å²) in [5.41, 5.74) is 0.102. The number of benzene rings is 2. The first kappa shape index (κ1) is 33.4. The predicted octanol–water partition coefficient (Wildman–Crippen LogP) is 5.75. The fourth-order valence-electron chi connectivity index (χ4n) is 4.91. The normalized spacial score (nSPS) is 14.0. The lowest BCUT2D eigenvalue weighted by Crippen LogP contribution is -2.33. The van der Waals surface area contributed by atoms with Gasteiger partial charge in [-0.1, -0.05) is 13.8 Å². The molecule has 12 nitrogen and oxygen atoms in total. The molecule has 1 fully saturated rings. The highest BCUT2D eigenvalue weighted by Gasteiger charge is 2.40. The highest BCUT2D eigenvalue weighted by molar-refractivity contribution is 7.90. The van der Waals surface area contributed by atoms with Crippen molar-refractivity contribution < 1.29 is 45.4 Å². The van der Waals surface area contributed by atoms with Crippen LogP contribution in [0.15, 0.2) is 55.1 Å². The van der Waals surface area contributed by atoms with E-state index in [2.05, 4.69) is 15.0 Å². The maximum absolute atomic E-state index is 13.3. The van der Waals surface area contributed by atoms with E-state index in [4.69, 9.17) is 14.2 Å². The van der Waals surface area contributed by atoms with Crippen molar-refractivity contribution in [2.75, 3.05) is 42.1 Å². The number of halogens is 3. The number of carbonyl (C=O) groups excluding carboxylic acids is 2. The molecule has 2 aromatic carbocycles. The van der Waals surface area contributed by atoms with Crippen LogP contribution in [0.4, 0.5) is 29.3 Å². The van der Waals surface area contributed by atoms with Crippen LogP contribution >= 0.6 is 0 Å². The van der Waals surface area contributed by atoms with Crippen LogP contribution in [-0.2, 0) is 20.8 Å². The van der Waals surface area contributed by atoms with Crippen molar-refractivity contribution in [1.82, 2.24) is 15.0 Å². The Labute approximate surface area is 268 Å². The molecule has 4 aromatic rings. The second-order valence-electron chi connectivity index (χ2n) is 11.0. The van der Waals surface area contributed by atoms with Crippen LogP contribution in [0.1, 0.15) is 37.3 Å². The van der Waals surface area contributed by atoms with Gasteiger partial charge in [-0.15, -0.1) is 0 Å². The zero-order valence-corrected chi connectivity index (χ0v) is 26.6. The van der Waals surface area contributed by atoms with E-state index in [1.165, 1.54) is 19.5 Å². The monoisotopic (exact) mass is 673 g/mol. The molecule has 0 N–H and O–H groups in total. The minimum absolute atomic E-state index is 0.0222. The molecule has 1 saturated heterocycles. The summed E-state index contributed by atoms with van der Waals surface area (Å²) in [7, 11) is -1.68. The molecule has 0 bridgehead atoms. The number of rotatable bonds is 11. The Bertz CT molecular complexity index is 1950. The number of hydrogen-bond donors (Lipinski definition) is 0. The van der Waals surface area contributed by atoms with E-state index in [0.29, 0.717) is 46.3 Å². The van der Waals surface area contributed by atoms with Crippen LogP contribution < -0.4 is 24.0 Å². The number of anilines is 2. The van der Waals surface area contributed by atoms with Crippen LogP contribution in [0.3, 0.4) is 0 Å². The quantitative estimate of drug-likeness (QED) is 0.143. The van der Waals surface area contributed by atoms with Crippen LogP contribution in [0.2, 0.25) is 0 Å². The highest BCUT2D eigenvalue weighted by atomic mass is 32.2. The van der Waals surface area contributed by atoms with Gasteiger partial charge in [0.25, 0.3) is 5.91 Å². The number of nitrogens with zero attached hydrogens (tertiary/aromatic N) is 5. The molecule has 1 aliphatic heterocycles. The second kappa shape index (κ2) is 13.0. The van der Waals surface area contributed by atoms with Crippen molar-refractivity contribution in [2.45, 2.75) is 32.4 Å². The van der Waals surface area contributed by atoms with Gasteiger partial charge in [-0.25, -0.2) is 28.1 Å². The number of urea groups is 1. The van der Waals surface area contributed by atoms with E-state index in [0.717, 1.165) is 28.3 Å². The Morgan fingerprint density at radius 2 is 1.74 bits per heavy atom. The van der Waals surface area contributed by atoms with E-state index in [1.807, 2.05) is 13.8 Å². The molecule has 3 amide bonds. The van der Waals surface area contributed by atoms with Gasteiger partial charge in [0.2, 0.25) is 5.88 Å². The van der Waals surface area contributed by atoms with E-state index >= 15 is 0 Å². The van der Waals surface area contributed by atoms with Crippen molar-refractivity contribution in [3.63, 3.8) is 0 Å². The average Bonchev–Trinajstić information content (AvgIpc) is 3.31. The Balaban J connectivity index is 1.41. The maximum atomic E-state index is 13.3. The highest BCUT2D eigenvalue weighted by Crippen LogP contribution is 2.40. The molecule has 0 atom stereocenters. The molecule has 2 aromatic heterocycles. The Morgan fingerprint density at radius 3 is 2.43 bits per heavy atom. The lowest BCUT2D eigenvalue weighted by atomic mass is 10.0. The van der Waals surface area contributed by atoms with Crippen molar-refractivity contribution in [3.05, 3.63) is 66.2 Å². The van der Waals surface area contributed by atoms with Crippen LogP contribution in [0, 0.1) is 0 Å². The number of aromatic nitrogens is 3. The number of methoxy groups -OCH3 is 1. The summed E-state index contributed by atoms with van der Waals surface area (Å²) in [5, 5.41) is 0.488. The lowest BCUT2D eigenvalue weighted by Gasteiger charge is -2.20. The number of pyridine rings is 1. The fourth-order valence-corrected chi connectivity index (χ4v) is 5.55. The minimum atomic E-state index is -4.67. The number of fused-ring (bicyclic) bond motifs is 1. The van der Waals surface area contributed by atoms with Gasteiger partial charge in [0, 0.05) is 18.5 Å². The Morgan fingerprint density at radius 1 is 0.979 bits per heavy atom. The first-order chi connectivity index (χ1) is 22.2. The van der Waals surface area contributed by atoms with Crippen LogP contribution in [-0.4, -0.2) is 67.6 Å². The first-order valence-electron chi connectivity index (χ1n) is 14.3. The summed E-state index contributed by atoms with van der Waals surface area (Å²) in [6, 6.07) is 7.90. The van der Waals surface area contributed by atoms with E-state index in [-0.39, 0.29) is 35.5 Å². The summed E-state index contributed by atoms with van der Waals surface area (Å²) in [6.45, 7) is 3.45. The second-order valence-corrected chi connectivity index (χ2v) is 13.3. The molecule has 16 heteroatoms. The van der Waals surface area contributed by atoms with Crippen molar-refractivity contribution in [2.24, 2.45) is 0 Å². The number of imide groups is 1. The molecule has 0 unspecified atom stereocenters. The number of amides is 3. The van der Waals surface area contributed by atoms with Gasteiger partial charge in [-0.3, -0.25) is 14.7 Å². The van der Waals surface area contributed by atoms with Gasteiger partial charge in [0.15, 0.2) is 11.5 Å². The third-order valence-electron chi connectivity index (χ3n) is 7.21. The standard InChI is InChI=1S/C31H30F3N5O7S/c1-18(2)22-11-20(39-28(40)16-38(30(39)41)21-10-19(14-35-15-21)31(32,33)34)6-7-25(22)46-29-23-12-26(44-3)27(13-24(23)36-17-37-29)45-8-5-9-47(4,42)43/h6-7,10-15,17-18H,5,8-9,16H2,1-4H3. The average molecular weight is 674 g/mol. The Kier molecular flexibility index (Phi) is 9.25. The van der Waals surface area contributed by atoms with E-state index in [9.17, 15) is 31.2 Å². The number of ether oxygens (including phenoxy) is 3. The summed E-state index contributed by atoms with van der Waals surface area (Å²) in [4.78, 5) is 40.3. The summed E-state index contributed by atoms with van der Waals surface area (Å²) in [6.07, 6.45) is -0.181. The molecule has 5 rings (SSSR count). The smallest absolute Gasteiger partial charge is 0.417 e. The SMILES string of the molecule is COc1cc2c(Oc3ccc(N4C(=O)CN(c5cncc(C(F)(F)F)c5)C4=O)cc3C(C)C)ncnc2cc1OCCCS(C)(=O)=O. The van der Waals surface area contributed by atoms with Gasteiger partial charge in [-0.05, 0) is 48.2 Å². The van der Waals surface area contributed by atoms with Crippen LogP contribution in [0.25, 0.3) is 10.9 Å². The summed E-state index contributed by atoms with van der Waals surface area (Å²) in [5.74, 6) is 0.467. The third kappa shape index (κ3) is 7.37. The number of carbonyl (C=O) groups is 2. The molecular formula is C31H30F3N5O7S. The molecule has 0 spiro atoms. The zero-order valence-electron chi connectivity index (χ0n) is 25.7. The van der Waals surface area contributed by atoms with Crippen molar-refractivity contribution in [3.8, 4) is 23.1 Å². The molecule has 248 valence electrons. The molecule has 0 aliphatic carbocycles. The van der Waals surface area contributed by atoms with E-state index < -0.39 is 40.1 Å². The molecule has 3 heterocycles. The first-order valence-corrected chi connectivity index (χ1v) is 16.3. The molecule has 47 heavy (non-hydrogen) atoms. The zero-order chi connectivity index (χ0) is 34.1. The predicted molar refractivity (Wildman–Crippen MR) is 166 cm³/mol. The summed E-state index contributed by atoms with van der Waals surface area (Å²) >= 11 is 0. The maximum Gasteiger partial charge on any atom is 0.417 e. The topological polar surface area (TPSA) is 141 Å². The lowest BCUT2D eigenvalue weighted by molar-refractivity contribution is -0.137. The number of hydrogen-bond acceptors (Lipinski definition) is 10. The molecule has 0 radical (unpaired) electrons. The van der Waals surface area contributed by atoms with Crippen LogP contribution in [0.5, 0.6) is 23.1 Å². The van der Waals surface area contributed by atoms with Gasteiger partial charge >= 0.3 is 12.2 Å². The minimum Gasteiger partial charge on any atom is -0.493 e. The molecular weight excluding hydrogens is 643 g/mol. The Hall–Kier alpha value is -4.99. The third-order valence-corrected chi connectivity index (χ3v) is 8.24. The summed E-state index contributed by atoms with van der Waals surface area (Å²) < 4.78 is 80.1. The molecule has 0 saturated carbocycles.